The minimum absolute atomic E-state index is 0.0320. The Morgan fingerprint density at radius 2 is 1.31 bits per heavy atom. The lowest BCUT2D eigenvalue weighted by Gasteiger charge is -2.57. The molecule has 4 rings (SSSR count). The third-order valence-electron chi connectivity index (χ3n) is 17.8. The second-order valence-electron chi connectivity index (χ2n) is 27.3. The van der Waals surface area contributed by atoms with E-state index in [0.717, 1.165) is 0 Å². The average Bonchev–Trinajstić information content (AvgIpc) is 3.35. The van der Waals surface area contributed by atoms with Crippen molar-refractivity contribution in [1.29, 1.82) is 0 Å². The molecule has 0 aliphatic carbocycles. The van der Waals surface area contributed by atoms with Gasteiger partial charge in [-0.2, -0.15) is 0 Å². The number of carbonyl (C=O) groups excluding carboxylic acids is 1. The second kappa shape index (κ2) is 25.3. The summed E-state index contributed by atoms with van der Waals surface area (Å²) < 4.78 is 81.8. The molecule has 17 atom stereocenters. The zero-order chi connectivity index (χ0) is 56.4. The molecule has 0 aromatic carbocycles. The van der Waals surface area contributed by atoms with Gasteiger partial charge in [0, 0.05) is 40.1 Å². The lowest BCUT2D eigenvalue weighted by Crippen LogP contribution is -2.71. The molecule has 15 nitrogen and oxygen atoms in total. The Hall–Kier alpha value is -0.919. The van der Waals surface area contributed by atoms with Gasteiger partial charge >= 0.3 is 5.97 Å². The van der Waals surface area contributed by atoms with E-state index in [1.54, 1.807) is 28.3 Å². The smallest absolute Gasteiger partial charge is 0.308 e. The summed E-state index contributed by atoms with van der Waals surface area (Å²) in [4.78, 5) is 14.1. The highest BCUT2D eigenvalue weighted by Gasteiger charge is 2.59. The molecular formula is C56H107NO14Si3. The SMILES string of the molecule is CCO[C@@H]1[C@@H](C)O[C@H](O[C@@H]2[C@@H]([N+](C)(C)[O-])[C@H](O[Si](C)(C)C(C)(C)C)[C@@H](O[C@H]3[C@H]4CC(O[Si](C)(C)C(C)(C)C)O[C@H](CC(=O)O[C@H](C)C/C=C/C=C/[C@H](O[Si](C)(C)C(C)(C)C)[C@H](C)C4)[C@@H]3OC)O[C@H]2C)C[C@]1(C)OC. The Balaban J connectivity index is 1.97. The van der Waals surface area contributed by atoms with E-state index in [-0.39, 0.29) is 51.7 Å². The van der Waals surface area contributed by atoms with Crippen molar-refractivity contribution in [3.8, 4) is 0 Å². The van der Waals surface area contributed by atoms with Crippen LogP contribution >= 0.6 is 0 Å². The highest BCUT2D eigenvalue weighted by Crippen LogP contribution is 2.47. The third kappa shape index (κ3) is 16.4. The molecule has 0 N–H and O–H groups in total. The molecular weight excluding hydrogens is 995 g/mol. The van der Waals surface area contributed by atoms with Crippen LogP contribution in [0.25, 0.3) is 0 Å². The molecule has 74 heavy (non-hydrogen) atoms. The van der Waals surface area contributed by atoms with Gasteiger partial charge in [0.2, 0.25) is 0 Å². The zero-order valence-corrected chi connectivity index (χ0v) is 54.0. The molecule has 3 saturated heterocycles. The van der Waals surface area contributed by atoms with Crippen LogP contribution in [0.5, 0.6) is 0 Å². The fraction of sp³-hybridized carbons (Fsp3) is 0.911. The zero-order valence-electron chi connectivity index (χ0n) is 51.0. The van der Waals surface area contributed by atoms with E-state index in [2.05, 4.69) is 121 Å². The quantitative estimate of drug-likeness (QED) is 0.0662. The van der Waals surface area contributed by atoms with Gasteiger partial charge in [-0.05, 0) is 107 Å². The van der Waals surface area contributed by atoms with Crippen molar-refractivity contribution < 1.29 is 65.4 Å². The van der Waals surface area contributed by atoms with Gasteiger partial charge in [-0.3, -0.25) is 4.79 Å². The van der Waals surface area contributed by atoms with E-state index in [9.17, 15) is 4.79 Å². The van der Waals surface area contributed by atoms with Crippen molar-refractivity contribution in [1.82, 2.24) is 0 Å². The van der Waals surface area contributed by atoms with Crippen LogP contribution in [0.2, 0.25) is 54.4 Å². The number of likely N-dealkylation sites (N-methyl/N-ethyl adjacent to an activating group) is 1. The van der Waals surface area contributed by atoms with Crippen LogP contribution < -0.4 is 0 Å². The fourth-order valence-corrected chi connectivity index (χ4v) is 14.0. The first-order valence-electron chi connectivity index (χ1n) is 27.8. The van der Waals surface area contributed by atoms with Crippen molar-refractivity contribution in [2.45, 2.75) is 282 Å². The number of fused-ring (bicyclic) bond motifs is 3. The topological polar surface area (TPSA) is 151 Å². The number of cyclic esters (lactones) is 1. The number of nitrogens with zero attached hydrogens (tertiary/aromatic N) is 1. The van der Waals surface area contributed by atoms with Gasteiger partial charge in [-0.1, -0.05) is 93.5 Å². The van der Waals surface area contributed by atoms with E-state index in [1.165, 1.54) is 0 Å². The van der Waals surface area contributed by atoms with Crippen LogP contribution in [0.15, 0.2) is 24.3 Å². The number of rotatable bonds is 15. The standard InChI is InChI=1S/C56H107NO14Si3/c1-26-62-51-39(5)64-45(35-56(51,15)61-19)67-47-38(4)65-52(50(46(47)57(16,17)59)71-74(24,25)55(12,13)14)68-48-40-32-36(2)41(69-72(20,21)53(6,7)8)31-29-27-28-30-37(3)63-43(58)34-42(49(48)60-18)66-44(33-40)70-73(22,23)54(9,10)11/h27-29,31,36-42,44-52H,26,30,32-35H2,1-25H3/b28-27+,31-29+/t36-,37-,38+,39-,40-,41+,42-,44?,45-,46-,47+,48+,49+,50+,51-,52-,56+/m1/s1. The summed E-state index contributed by atoms with van der Waals surface area (Å²) in [6, 6.07) is -0.858. The molecule has 0 radical (unpaired) electrons. The van der Waals surface area contributed by atoms with Gasteiger partial charge in [-0.25, -0.2) is 0 Å². The van der Waals surface area contributed by atoms with Crippen molar-refractivity contribution >= 4 is 30.9 Å². The number of methoxy groups -OCH3 is 2. The second-order valence-corrected chi connectivity index (χ2v) is 41.6. The third-order valence-corrected chi connectivity index (χ3v) is 31.2. The minimum Gasteiger partial charge on any atom is -0.633 e. The van der Waals surface area contributed by atoms with Crippen molar-refractivity contribution in [2.24, 2.45) is 11.8 Å². The molecule has 18 heteroatoms. The minimum atomic E-state index is -2.72. The largest absolute Gasteiger partial charge is 0.633 e. The maximum absolute atomic E-state index is 15.1. The number of allylic oxidation sites excluding steroid dienone is 2. The van der Waals surface area contributed by atoms with E-state index in [0.29, 0.717) is 32.3 Å². The summed E-state index contributed by atoms with van der Waals surface area (Å²) in [5.41, 5.74) is -0.731. The average molecular weight is 1100 g/mol. The molecule has 2 bridgehead atoms. The van der Waals surface area contributed by atoms with Crippen molar-refractivity contribution in [3.05, 3.63) is 29.5 Å². The summed E-state index contributed by atoms with van der Waals surface area (Å²) in [5.74, 6) is -0.747. The Labute approximate surface area is 452 Å². The van der Waals surface area contributed by atoms with Crippen LogP contribution in [0.3, 0.4) is 0 Å². The lowest BCUT2D eigenvalue weighted by atomic mass is 9.83. The molecule has 432 valence electrons. The van der Waals surface area contributed by atoms with Crippen LogP contribution in [0, 0.1) is 17.0 Å². The molecule has 0 saturated carbocycles. The number of hydroxylamine groups is 3. The highest BCUT2D eigenvalue weighted by atomic mass is 28.4. The number of esters is 1. The Bertz CT molecular complexity index is 1840. The summed E-state index contributed by atoms with van der Waals surface area (Å²) in [5, 5.41) is 14.7. The number of ether oxygens (including phenoxy) is 9. The lowest BCUT2D eigenvalue weighted by molar-refractivity contribution is -0.879. The predicted molar refractivity (Wildman–Crippen MR) is 300 cm³/mol. The maximum atomic E-state index is 15.1. The number of carbonyl (C=O) groups is 1. The highest BCUT2D eigenvalue weighted by molar-refractivity contribution is 6.75. The normalized spacial score (nSPS) is 38.1. The van der Waals surface area contributed by atoms with Crippen molar-refractivity contribution in [3.63, 3.8) is 0 Å². The molecule has 1 unspecified atom stereocenters. The van der Waals surface area contributed by atoms with E-state index in [1.807, 2.05) is 46.8 Å². The Kier molecular flexibility index (Phi) is 22.4. The number of hydrogen-bond donors (Lipinski definition) is 0. The van der Waals surface area contributed by atoms with E-state index >= 15 is 5.21 Å². The maximum Gasteiger partial charge on any atom is 0.308 e. The summed E-state index contributed by atoms with van der Waals surface area (Å²) in [6.07, 6.45) is 1.35. The van der Waals surface area contributed by atoms with Gasteiger partial charge in [-0.15, -0.1) is 0 Å². The molecule has 4 aliphatic rings. The first-order valence-corrected chi connectivity index (χ1v) is 36.5. The summed E-state index contributed by atoms with van der Waals surface area (Å²) >= 11 is 0. The monoisotopic (exact) mass is 1100 g/mol. The molecule has 4 heterocycles. The predicted octanol–water partition coefficient (Wildman–Crippen LogP) is 11.8. The van der Waals surface area contributed by atoms with Crippen LogP contribution in [0.4, 0.5) is 0 Å². The fourth-order valence-electron chi connectivity index (χ4n) is 10.2. The first-order chi connectivity index (χ1) is 33.7. The first kappa shape index (κ1) is 65.6. The molecule has 0 aromatic rings. The van der Waals surface area contributed by atoms with Gasteiger partial charge in [0.05, 0.1) is 56.6 Å². The van der Waals surface area contributed by atoms with Gasteiger partial charge in [0.25, 0.3) is 0 Å². The van der Waals surface area contributed by atoms with E-state index < -0.39 is 109 Å². The molecule has 4 aliphatic heterocycles. The van der Waals surface area contributed by atoms with Gasteiger partial charge in [0.15, 0.2) is 43.6 Å². The number of quaternary nitrogens is 1. The summed E-state index contributed by atoms with van der Waals surface area (Å²) in [7, 11) is -0.903. The van der Waals surface area contributed by atoms with Crippen LogP contribution in [0.1, 0.15) is 136 Å². The number of hydrogen-bond acceptors (Lipinski definition) is 14. The van der Waals surface area contributed by atoms with Crippen LogP contribution in [-0.4, -0.2) is 162 Å². The molecule has 0 spiro atoms. The Morgan fingerprint density at radius 3 is 1.85 bits per heavy atom. The van der Waals surface area contributed by atoms with Crippen LogP contribution in [-0.2, 0) is 60.7 Å². The van der Waals surface area contributed by atoms with Gasteiger partial charge in [0.1, 0.15) is 36.7 Å². The summed E-state index contributed by atoms with van der Waals surface area (Å²) in [6.45, 7) is 45.8. The molecule has 0 aromatic heterocycles. The van der Waals surface area contributed by atoms with Gasteiger partial charge < -0.3 is 65.8 Å². The molecule has 0 amide bonds. The molecule has 3 fully saturated rings. The van der Waals surface area contributed by atoms with E-state index in [4.69, 9.17) is 55.9 Å². The van der Waals surface area contributed by atoms with Crippen molar-refractivity contribution in [2.75, 3.05) is 34.9 Å². The Morgan fingerprint density at radius 1 is 0.730 bits per heavy atom.